The number of aromatic hydroxyl groups is 1. The van der Waals surface area contributed by atoms with E-state index in [0.717, 1.165) is 28.1 Å². The van der Waals surface area contributed by atoms with Crippen LogP contribution in [-0.4, -0.2) is 33.4 Å². The fraction of sp³-hybridized carbons (Fsp3) is 0.0556. The van der Waals surface area contributed by atoms with Gasteiger partial charge in [-0.3, -0.25) is 15.0 Å². The second-order valence-corrected chi connectivity index (χ2v) is 6.95. The molecule has 0 unspecified atom stereocenters. The fourth-order valence-electron chi connectivity index (χ4n) is 2.19. The Hall–Kier alpha value is -2.84. The first-order chi connectivity index (χ1) is 12.5. The molecule has 0 radical (unpaired) electrons. The molecular formula is C18H14N2O4S2. The lowest BCUT2D eigenvalue weighted by Gasteiger charge is -2.15. The predicted molar refractivity (Wildman–Crippen MR) is 104 cm³/mol. The Kier molecular flexibility index (Phi) is 5.24. The lowest BCUT2D eigenvalue weighted by molar-refractivity contribution is -0.123. The van der Waals surface area contributed by atoms with Crippen LogP contribution < -0.4 is 10.2 Å². The van der Waals surface area contributed by atoms with E-state index in [1.54, 1.807) is 25.3 Å². The zero-order valence-corrected chi connectivity index (χ0v) is 15.3. The summed E-state index contributed by atoms with van der Waals surface area (Å²) < 4.78 is 5.34. The highest BCUT2D eigenvalue weighted by atomic mass is 32.2. The molecule has 6 nitrogen and oxygen atoms in total. The van der Waals surface area contributed by atoms with Gasteiger partial charge >= 0.3 is 0 Å². The number of hydrazine groups is 1. The number of thiocarbonyl (C=S) groups is 1. The van der Waals surface area contributed by atoms with Crippen LogP contribution in [-0.2, 0) is 4.79 Å². The van der Waals surface area contributed by atoms with Crippen LogP contribution in [0, 0.1) is 0 Å². The molecule has 1 heterocycles. The second-order valence-electron chi connectivity index (χ2n) is 5.28. The molecule has 2 amide bonds. The molecule has 26 heavy (non-hydrogen) atoms. The summed E-state index contributed by atoms with van der Waals surface area (Å²) in [5, 5.41) is 10.3. The number of benzene rings is 2. The molecule has 0 saturated carbocycles. The number of phenols is 1. The third-order valence-corrected chi connectivity index (χ3v) is 4.85. The number of methoxy groups -OCH3 is 1. The van der Waals surface area contributed by atoms with Crippen molar-refractivity contribution in [1.29, 1.82) is 0 Å². The van der Waals surface area contributed by atoms with Gasteiger partial charge in [0, 0.05) is 5.56 Å². The highest BCUT2D eigenvalue weighted by Gasteiger charge is 2.33. The van der Waals surface area contributed by atoms with Crippen molar-refractivity contribution in [1.82, 2.24) is 10.4 Å². The highest BCUT2D eigenvalue weighted by Crippen LogP contribution is 2.31. The van der Waals surface area contributed by atoms with Crippen molar-refractivity contribution in [3.05, 3.63) is 64.6 Å². The third-order valence-electron chi connectivity index (χ3n) is 3.55. The van der Waals surface area contributed by atoms with E-state index in [1.165, 1.54) is 24.3 Å². The SMILES string of the molecule is COc1ccc(C=C2SC(=S)N(NC(=O)c3ccc(O)cc3)C2=O)cc1. The van der Waals surface area contributed by atoms with Gasteiger partial charge in [-0.1, -0.05) is 23.9 Å². The minimum Gasteiger partial charge on any atom is -0.508 e. The summed E-state index contributed by atoms with van der Waals surface area (Å²) in [4.78, 5) is 25.2. The molecular weight excluding hydrogens is 372 g/mol. The topological polar surface area (TPSA) is 78.9 Å². The maximum absolute atomic E-state index is 12.5. The maximum Gasteiger partial charge on any atom is 0.285 e. The van der Waals surface area contributed by atoms with Gasteiger partial charge in [-0.15, -0.1) is 0 Å². The van der Waals surface area contributed by atoms with Crippen LogP contribution in [0.1, 0.15) is 15.9 Å². The van der Waals surface area contributed by atoms with Crippen molar-refractivity contribution in [3.8, 4) is 11.5 Å². The van der Waals surface area contributed by atoms with E-state index < -0.39 is 11.8 Å². The van der Waals surface area contributed by atoms with E-state index in [0.29, 0.717) is 10.5 Å². The summed E-state index contributed by atoms with van der Waals surface area (Å²) >= 11 is 6.30. The minimum absolute atomic E-state index is 0.0505. The van der Waals surface area contributed by atoms with Gasteiger partial charge in [-0.05, 0) is 60.3 Å². The summed E-state index contributed by atoms with van der Waals surface area (Å²) in [6.45, 7) is 0. The fourth-order valence-corrected chi connectivity index (χ4v) is 3.37. The number of carbonyl (C=O) groups excluding carboxylic acids is 2. The predicted octanol–water partition coefficient (Wildman–Crippen LogP) is 2.95. The first-order valence-corrected chi connectivity index (χ1v) is 8.72. The van der Waals surface area contributed by atoms with Crippen LogP contribution in [0.2, 0.25) is 0 Å². The molecule has 0 atom stereocenters. The number of nitrogens with zero attached hydrogens (tertiary/aromatic N) is 1. The third kappa shape index (κ3) is 3.87. The van der Waals surface area contributed by atoms with Gasteiger partial charge in [-0.25, -0.2) is 0 Å². The quantitative estimate of drug-likeness (QED) is 0.621. The molecule has 3 rings (SSSR count). The molecule has 2 N–H and O–H groups in total. The van der Waals surface area contributed by atoms with Crippen molar-refractivity contribution in [3.63, 3.8) is 0 Å². The molecule has 2 aromatic rings. The largest absolute Gasteiger partial charge is 0.508 e. The van der Waals surface area contributed by atoms with Crippen molar-refractivity contribution in [2.24, 2.45) is 0 Å². The molecule has 0 bridgehead atoms. The number of nitrogens with one attached hydrogen (secondary N) is 1. The summed E-state index contributed by atoms with van der Waals surface area (Å²) in [6.07, 6.45) is 1.70. The van der Waals surface area contributed by atoms with Crippen molar-refractivity contribution >= 4 is 46.2 Å². The number of carbonyl (C=O) groups is 2. The van der Waals surface area contributed by atoms with Crippen molar-refractivity contribution < 1.29 is 19.4 Å². The number of hydrogen-bond acceptors (Lipinski definition) is 6. The van der Waals surface area contributed by atoms with Crippen molar-refractivity contribution in [2.75, 3.05) is 7.11 Å². The second kappa shape index (κ2) is 7.59. The Balaban J connectivity index is 1.74. The Morgan fingerprint density at radius 3 is 2.46 bits per heavy atom. The molecule has 1 aliphatic rings. The van der Waals surface area contributed by atoms with Crippen LogP contribution in [0.5, 0.6) is 11.5 Å². The number of hydrogen-bond donors (Lipinski definition) is 2. The molecule has 132 valence electrons. The number of amides is 2. The molecule has 1 saturated heterocycles. The summed E-state index contributed by atoms with van der Waals surface area (Å²) in [5.74, 6) is -0.125. The van der Waals surface area contributed by atoms with Gasteiger partial charge in [0.05, 0.1) is 12.0 Å². The molecule has 0 aliphatic carbocycles. The molecule has 2 aromatic carbocycles. The van der Waals surface area contributed by atoms with E-state index >= 15 is 0 Å². The monoisotopic (exact) mass is 386 g/mol. The van der Waals surface area contributed by atoms with Gasteiger partial charge in [0.25, 0.3) is 11.8 Å². The number of ether oxygens (including phenoxy) is 1. The van der Waals surface area contributed by atoms with Gasteiger partial charge in [0.1, 0.15) is 11.5 Å². The highest BCUT2D eigenvalue weighted by molar-refractivity contribution is 8.26. The average Bonchev–Trinajstić information content (AvgIpc) is 2.90. The average molecular weight is 386 g/mol. The van der Waals surface area contributed by atoms with E-state index in [4.69, 9.17) is 17.0 Å². The van der Waals surface area contributed by atoms with Gasteiger partial charge in [-0.2, -0.15) is 5.01 Å². The zero-order valence-electron chi connectivity index (χ0n) is 13.6. The summed E-state index contributed by atoms with van der Waals surface area (Å²) in [5.41, 5.74) is 3.61. The van der Waals surface area contributed by atoms with E-state index in [9.17, 15) is 14.7 Å². The first-order valence-electron chi connectivity index (χ1n) is 7.50. The smallest absolute Gasteiger partial charge is 0.285 e. The molecule has 0 aromatic heterocycles. The number of thioether (sulfide) groups is 1. The summed E-state index contributed by atoms with van der Waals surface area (Å²) in [7, 11) is 1.58. The Bertz CT molecular complexity index is 892. The molecule has 0 spiro atoms. The maximum atomic E-state index is 12.5. The lowest BCUT2D eigenvalue weighted by Crippen LogP contribution is -2.44. The number of phenolic OH excluding ortho intramolecular Hbond substituents is 1. The van der Waals surface area contributed by atoms with E-state index in [1.807, 2.05) is 12.1 Å². The standard InChI is InChI=1S/C18H14N2O4S2/c1-24-14-8-2-11(3-9-14)10-15-17(23)20(18(25)26-15)19-16(22)12-4-6-13(21)7-5-12/h2-10,21H,1H3,(H,19,22). The summed E-state index contributed by atoms with van der Waals surface area (Å²) in [6, 6.07) is 12.9. The molecule has 1 fully saturated rings. The van der Waals surface area contributed by atoms with E-state index in [-0.39, 0.29) is 10.1 Å². The van der Waals surface area contributed by atoms with Gasteiger partial charge < -0.3 is 9.84 Å². The number of rotatable bonds is 4. The van der Waals surface area contributed by atoms with Gasteiger partial charge in [0.15, 0.2) is 4.32 Å². The van der Waals surface area contributed by atoms with Crippen LogP contribution in [0.25, 0.3) is 6.08 Å². The first kappa shape index (κ1) is 18.0. The van der Waals surface area contributed by atoms with Crippen LogP contribution >= 0.6 is 24.0 Å². The van der Waals surface area contributed by atoms with Gasteiger partial charge in [0.2, 0.25) is 0 Å². The normalized spacial score (nSPS) is 15.4. The minimum atomic E-state index is -0.494. The van der Waals surface area contributed by atoms with Crippen LogP contribution in [0.15, 0.2) is 53.4 Å². The molecule has 1 aliphatic heterocycles. The van der Waals surface area contributed by atoms with Crippen molar-refractivity contribution in [2.45, 2.75) is 0 Å². The van der Waals surface area contributed by atoms with E-state index in [2.05, 4.69) is 5.43 Å². The zero-order chi connectivity index (χ0) is 18.7. The Morgan fingerprint density at radius 1 is 1.19 bits per heavy atom. The Labute approximate surface area is 159 Å². The van der Waals surface area contributed by atoms with Crippen LogP contribution in [0.4, 0.5) is 0 Å². The lowest BCUT2D eigenvalue weighted by atomic mass is 10.2. The molecule has 8 heteroatoms. The Morgan fingerprint density at radius 2 is 1.85 bits per heavy atom. The van der Waals surface area contributed by atoms with Crippen LogP contribution in [0.3, 0.4) is 0 Å².